The third-order valence-corrected chi connectivity index (χ3v) is 0.355. The topological polar surface area (TPSA) is 80.3 Å². The van der Waals surface area contributed by atoms with E-state index in [0.717, 1.165) is 0 Å². The van der Waals surface area contributed by atoms with Gasteiger partial charge in [-0.2, -0.15) is 0 Å². The summed E-state index contributed by atoms with van der Waals surface area (Å²) in [5, 5.41) is 18.8. The fourth-order valence-electron chi connectivity index (χ4n) is 0.136. The van der Waals surface area contributed by atoms with Gasteiger partial charge in [0.25, 0.3) is 0 Å². The van der Waals surface area contributed by atoms with Crippen molar-refractivity contribution in [1.29, 1.82) is 0 Å². The monoisotopic (exact) mass is 169 g/mol. The first kappa shape index (κ1) is 16.5. The van der Waals surface area contributed by atoms with E-state index in [9.17, 15) is 19.8 Å². The molecule has 0 bridgehead atoms. The van der Waals surface area contributed by atoms with Crippen molar-refractivity contribution in [3.8, 4) is 0 Å². The molecule has 0 saturated heterocycles. The molecule has 0 aromatic rings. The Labute approximate surface area is 88.5 Å². The zero-order chi connectivity index (χ0) is 6.57. The van der Waals surface area contributed by atoms with Crippen molar-refractivity contribution in [1.82, 2.24) is 0 Å². The second-order valence-corrected chi connectivity index (χ2v) is 0.971. The summed E-state index contributed by atoms with van der Waals surface area (Å²) in [7, 11) is 0. The van der Waals surface area contributed by atoms with E-state index in [0.29, 0.717) is 12.2 Å². The SMILES string of the molecule is O=C([O-])/C=C\C(=O)[O-].[CH3-].[Ca+2]. The van der Waals surface area contributed by atoms with Crippen LogP contribution < -0.4 is 10.2 Å². The van der Waals surface area contributed by atoms with Crippen LogP contribution in [0, 0.1) is 7.43 Å². The average Bonchev–Trinajstić information content (AvgIpc) is 1.61. The molecule has 0 N–H and O–H groups in total. The number of carboxylic acids is 2. The normalized spacial score (nSPS) is 7.60. The Hall–Kier alpha value is -0.0603. The summed E-state index contributed by atoms with van der Waals surface area (Å²) in [5.41, 5.74) is 0. The Bertz CT molecular complexity index is 125. The number of aliphatic carboxylic acids is 2. The Morgan fingerprint density at radius 2 is 1.20 bits per heavy atom. The quantitative estimate of drug-likeness (QED) is 0.252. The summed E-state index contributed by atoms with van der Waals surface area (Å²) >= 11 is 0. The van der Waals surface area contributed by atoms with E-state index in [4.69, 9.17) is 0 Å². The van der Waals surface area contributed by atoms with Crippen LogP contribution in [0.2, 0.25) is 0 Å². The number of carboxylic acid groups (broad SMARTS) is 2. The van der Waals surface area contributed by atoms with E-state index in [1.165, 1.54) is 0 Å². The van der Waals surface area contributed by atoms with Crippen LogP contribution in [0.3, 0.4) is 0 Å². The van der Waals surface area contributed by atoms with Crippen LogP contribution in [0.5, 0.6) is 0 Å². The van der Waals surface area contributed by atoms with Gasteiger partial charge in [0.1, 0.15) is 0 Å². The number of carbonyl (C=O) groups excluding carboxylic acids is 2. The molecule has 10 heavy (non-hydrogen) atoms. The third kappa shape index (κ3) is 15.7. The van der Waals surface area contributed by atoms with Crippen LogP contribution in [0.1, 0.15) is 0 Å². The molecule has 0 aliphatic carbocycles. The van der Waals surface area contributed by atoms with Gasteiger partial charge in [0, 0.05) is 0 Å². The van der Waals surface area contributed by atoms with E-state index >= 15 is 0 Å². The molecule has 4 nitrogen and oxygen atoms in total. The Kier molecular flexibility index (Phi) is 14.7. The fraction of sp³-hybridized carbons (Fsp3) is 0. The van der Waals surface area contributed by atoms with Crippen molar-refractivity contribution in [2.24, 2.45) is 0 Å². The molecule has 0 aromatic carbocycles. The second kappa shape index (κ2) is 8.94. The minimum atomic E-state index is -1.55. The number of rotatable bonds is 2. The maximum absolute atomic E-state index is 9.41. The van der Waals surface area contributed by atoms with Gasteiger partial charge in [0.05, 0.1) is 11.9 Å². The summed E-state index contributed by atoms with van der Waals surface area (Å²) in [6, 6.07) is 0. The molecule has 0 atom stereocenters. The van der Waals surface area contributed by atoms with Crippen molar-refractivity contribution in [3.05, 3.63) is 19.6 Å². The van der Waals surface area contributed by atoms with Crippen LogP contribution in [0.15, 0.2) is 12.2 Å². The number of hydrogen-bond donors (Lipinski definition) is 0. The second-order valence-electron chi connectivity index (χ2n) is 0.971. The van der Waals surface area contributed by atoms with E-state index in [1.54, 1.807) is 0 Å². The summed E-state index contributed by atoms with van der Waals surface area (Å²) in [4.78, 5) is 18.8. The van der Waals surface area contributed by atoms with Crippen molar-refractivity contribution >= 4 is 49.7 Å². The third-order valence-electron chi connectivity index (χ3n) is 0.355. The summed E-state index contributed by atoms with van der Waals surface area (Å²) in [6.07, 6.45) is 0.769. The molecule has 0 unspecified atom stereocenters. The Balaban J connectivity index is -0.000000245. The fourth-order valence-corrected chi connectivity index (χ4v) is 0.136. The first-order valence-corrected chi connectivity index (χ1v) is 1.73. The zero-order valence-electron chi connectivity index (χ0n) is 5.49. The minimum Gasteiger partial charge on any atom is -0.545 e. The molecule has 0 fully saturated rings. The number of carbonyl (C=O) groups is 2. The first-order valence-electron chi connectivity index (χ1n) is 1.73. The van der Waals surface area contributed by atoms with E-state index in [1.807, 2.05) is 0 Å². The molecule has 52 valence electrons. The van der Waals surface area contributed by atoms with Gasteiger partial charge in [-0.3, -0.25) is 0 Å². The summed E-state index contributed by atoms with van der Waals surface area (Å²) in [5.74, 6) is -3.09. The van der Waals surface area contributed by atoms with E-state index in [2.05, 4.69) is 0 Å². The van der Waals surface area contributed by atoms with Crippen molar-refractivity contribution in [3.63, 3.8) is 0 Å². The van der Waals surface area contributed by atoms with Crippen LogP contribution in [0.4, 0.5) is 0 Å². The summed E-state index contributed by atoms with van der Waals surface area (Å²) < 4.78 is 0. The van der Waals surface area contributed by atoms with Crippen LogP contribution >= 0.6 is 0 Å². The van der Waals surface area contributed by atoms with Gasteiger partial charge in [0.2, 0.25) is 0 Å². The molecule has 0 heterocycles. The molecule has 0 saturated carbocycles. The molecule has 0 amide bonds. The van der Waals surface area contributed by atoms with E-state index in [-0.39, 0.29) is 45.2 Å². The Morgan fingerprint density at radius 3 is 1.30 bits per heavy atom. The van der Waals surface area contributed by atoms with Gasteiger partial charge in [0.15, 0.2) is 0 Å². The van der Waals surface area contributed by atoms with Crippen molar-refractivity contribution in [2.45, 2.75) is 0 Å². The van der Waals surface area contributed by atoms with Gasteiger partial charge >= 0.3 is 37.7 Å². The maximum Gasteiger partial charge on any atom is 2.00 e. The molecule has 0 radical (unpaired) electrons. The zero-order valence-corrected chi connectivity index (χ0v) is 7.70. The molecule has 0 spiro atoms. The maximum atomic E-state index is 9.41. The van der Waals surface area contributed by atoms with Crippen molar-refractivity contribution in [2.75, 3.05) is 0 Å². The molecular weight excluding hydrogens is 164 g/mol. The predicted octanol–water partition coefficient (Wildman–Crippen LogP) is -2.89. The smallest absolute Gasteiger partial charge is 0.545 e. The number of hydrogen-bond acceptors (Lipinski definition) is 4. The molecule has 5 heteroatoms. The Morgan fingerprint density at radius 1 is 1.00 bits per heavy atom. The van der Waals surface area contributed by atoms with Crippen molar-refractivity contribution < 1.29 is 19.8 Å². The van der Waals surface area contributed by atoms with Gasteiger partial charge < -0.3 is 27.2 Å². The molecule has 0 rings (SSSR count). The molecule has 0 aliphatic rings. The molecule has 0 aromatic heterocycles. The van der Waals surface area contributed by atoms with Gasteiger partial charge in [-0.05, 0) is 12.2 Å². The standard InChI is InChI=1S/C4H4O4.CH3.Ca/c5-3(6)1-2-4(7)8;;/h1-2H,(H,5,6)(H,7,8);1H3;/q;-1;+2/p-2/b2-1-;;. The predicted molar refractivity (Wildman–Crippen MR) is 31.3 cm³/mol. The van der Waals surface area contributed by atoms with Crippen LogP contribution in [-0.4, -0.2) is 49.7 Å². The largest absolute Gasteiger partial charge is 2.00 e. The summed E-state index contributed by atoms with van der Waals surface area (Å²) in [6.45, 7) is 0. The van der Waals surface area contributed by atoms with Crippen LogP contribution in [-0.2, 0) is 9.59 Å². The van der Waals surface area contributed by atoms with E-state index < -0.39 is 11.9 Å². The van der Waals surface area contributed by atoms with Gasteiger partial charge in [-0.1, -0.05) is 0 Å². The minimum absolute atomic E-state index is 0. The average molecular weight is 169 g/mol. The molecule has 0 aliphatic heterocycles. The first-order chi connectivity index (χ1) is 3.63. The molecular formula is C5H5CaO4-. The van der Waals surface area contributed by atoms with Crippen LogP contribution in [0.25, 0.3) is 0 Å². The van der Waals surface area contributed by atoms with Gasteiger partial charge in [-0.15, -0.1) is 0 Å². The van der Waals surface area contributed by atoms with Gasteiger partial charge in [-0.25, -0.2) is 0 Å².